The second-order valence-corrected chi connectivity index (χ2v) is 7.74. The number of urea groups is 1. The van der Waals surface area contributed by atoms with Crippen LogP contribution < -0.4 is 20.1 Å². The maximum Gasteiger partial charge on any atom is 0.319 e. The molecule has 1 aliphatic rings. The molecule has 0 heterocycles. The summed E-state index contributed by atoms with van der Waals surface area (Å²) in [5, 5.41) is 6.45. The predicted molar refractivity (Wildman–Crippen MR) is 110 cm³/mol. The van der Waals surface area contributed by atoms with Gasteiger partial charge in [-0.1, -0.05) is 37.1 Å². The van der Waals surface area contributed by atoms with Crippen molar-refractivity contribution in [3.05, 3.63) is 48.5 Å². The first-order valence-corrected chi connectivity index (χ1v) is 10.2. The standard InChI is InChI=1S/C21H26N2O3S/c1-25-18-11-5-6-12-19(18)26-15-14-22-21(24)23-17-10-4-7-13-20(17)27-16-8-2-3-9-16/h4-7,10-13,16H,2-3,8-9,14-15H2,1H3,(H2,22,23,24). The van der Waals surface area contributed by atoms with Crippen molar-refractivity contribution < 1.29 is 14.3 Å². The van der Waals surface area contributed by atoms with E-state index in [1.54, 1.807) is 7.11 Å². The fourth-order valence-electron chi connectivity index (χ4n) is 3.09. The van der Waals surface area contributed by atoms with Crippen molar-refractivity contribution in [2.24, 2.45) is 0 Å². The van der Waals surface area contributed by atoms with Crippen molar-refractivity contribution in [3.8, 4) is 11.5 Å². The van der Waals surface area contributed by atoms with E-state index >= 15 is 0 Å². The summed E-state index contributed by atoms with van der Waals surface area (Å²) in [6.45, 7) is 0.772. The van der Waals surface area contributed by atoms with Crippen LogP contribution in [0.1, 0.15) is 25.7 Å². The lowest BCUT2D eigenvalue weighted by Crippen LogP contribution is -2.32. The van der Waals surface area contributed by atoms with E-state index in [2.05, 4.69) is 16.7 Å². The van der Waals surface area contributed by atoms with Crippen molar-refractivity contribution in [2.45, 2.75) is 35.8 Å². The van der Waals surface area contributed by atoms with Gasteiger partial charge >= 0.3 is 6.03 Å². The van der Waals surface area contributed by atoms with Gasteiger partial charge in [0.25, 0.3) is 0 Å². The minimum Gasteiger partial charge on any atom is -0.493 e. The molecule has 2 amide bonds. The Morgan fingerprint density at radius 2 is 1.78 bits per heavy atom. The summed E-state index contributed by atoms with van der Waals surface area (Å²) in [4.78, 5) is 13.4. The van der Waals surface area contributed by atoms with E-state index in [4.69, 9.17) is 9.47 Å². The van der Waals surface area contributed by atoms with Crippen LogP contribution in [0.2, 0.25) is 0 Å². The number of ether oxygens (including phenoxy) is 2. The first-order valence-electron chi connectivity index (χ1n) is 9.32. The Hall–Kier alpha value is -2.34. The molecule has 2 N–H and O–H groups in total. The van der Waals surface area contributed by atoms with Crippen molar-refractivity contribution in [2.75, 3.05) is 25.6 Å². The van der Waals surface area contributed by atoms with Gasteiger partial charge < -0.3 is 20.1 Å². The molecule has 2 aromatic carbocycles. The average molecular weight is 387 g/mol. The highest BCUT2D eigenvalue weighted by molar-refractivity contribution is 8.00. The molecule has 1 aliphatic carbocycles. The maximum atomic E-state index is 12.2. The van der Waals surface area contributed by atoms with Gasteiger partial charge in [-0.2, -0.15) is 0 Å². The third-order valence-corrected chi connectivity index (χ3v) is 5.86. The number of anilines is 1. The highest BCUT2D eigenvalue weighted by Crippen LogP contribution is 2.37. The van der Waals surface area contributed by atoms with Crippen LogP contribution in [0.5, 0.6) is 11.5 Å². The number of hydrogen-bond donors (Lipinski definition) is 2. The predicted octanol–water partition coefficient (Wildman–Crippen LogP) is 4.93. The summed E-state index contributed by atoms with van der Waals surface area (Å²) >= 11 is 1.87. The molecule has 0 atom stereocenters. The Morgan fingerprint density at radius 1 is 1.07 bits per heavy atom. The van der Waals surface area contributed by atoms with Gasteiger partial charge in [0.05, 0.1) is 19.3 Å². The SMILES string of the molecule is COc1ccccc1OCCNC(=O)Nc1ccccc1SC1CCCC1. The second-order valence-electron chi connectivity index (χ2n) is 6.40. The van der Waals surface area contributed by atoms with E-state index < -0.39 is 0 Å². The normalized spacial score (nSPS) is 14.0. The summed E-state index contributed by atoms with van der Waals surface area (Å²) < 4.78 is 10.9. The minimum atomic E-state index is -0.224. The summed E-state index contributed by atoms with van der Waals surface area (Å²) in [6.07, 6.45) is 5.12. The number of nitrogens with one attached hydrogen (secondary N) is 2. The number of para-hydroxylation sites is 3. The molecule has 0 bridgehead atoms. The van der Waals surface area contributed by atoms with Crippen molar-refractivity contribution in [1.29, 1.82) is 0 Å². The van der Waals surface area contributed by atoms with Gasteiger partial charge in [-0.3, -0.25) is 0 Å². The fraction of sp³-hybridized carbons (Fsp3) is 0.381. The number of amides is 2. The van der Waals surface area contributed by atoms with Gasteiger partial charge in [-0.25, -0.2) is 4.79 Å². The lowest BCUT2D eigenvalue weighted by molar-refractivity contribution is 0.246. The molecule has 1 saturated carbocycles. The number of rotatable bonds is 8. The first-order chi connectivity index (χ1) is 13.3. The lowest BCUT2D eigenvalue weighted by Gasteiger charge is -2.15. The largest absolute Gasteiger partial charge is 0.493 e. The molecule has 27 heavy (non-hydrogen) atoms. The minimum absolute atomic E-state index is 0.224. The Balaban J connectivity index is 1.45. The van der Waals surface area contributed by atoms with E-state index in [1.165, 1.54) is 25.7 Å². The van der Waals surface area contributed by atoms with Gasteiger partial charge in [0.2, 0.25) is 0 Å². The Morgan fingerprint density at radius 3 is 2.56 bits per heavy atom. The van der Waals surface area contributed by atoms with E-state index in [1.807, 2.05) is 54.2 Å². The first kappa shape index (κ1) is 19.4. The summed E-state index contributed by atoms with van der Waals surface area (Å²) in [5.74, 6) is 1.35. The zero-order chi connectivity index (χ0) is 18.9. The molecular formula is C21H26N2O3S. The number of methoxy groups -OCH3 is 1. The topological polar surface area (TPSA) is 59.6 Å². The van der Waals surface area contributed by atoms with Crippen LogP contribution in [-0.4, -0.2) is 31.5 Å². The van der Waals surface area contributed by atoms with Crippen LogP contribution in [0.3, 0.4) is 0 Å². The smallest absolute Gasteiger partial charge is 0.319 e. The molecule has 3 rings (SSSR count). The van der Waals surface area contributed by atoms with Crippen LogP contribution in [0, 0.1) is 0 Å². The molecule has 0 radical (unpaired) electrons. The molecule has 0 unspecified atom stereocenters. The van der Waals surface area contributed by atoms with Gasteiger partial charge in [-0.15, -0.1) is 11.8 Å². The monoisotopic (exact) mass is 386 g/mol. The Bertz CT molecular complexity index is 748. The maximum absolute atomic E-state index is 12.2. The zero-order valence-electron chi connectivity index (χ0n) is 15.6. The van der Waals surface area contributed by atoms with E-state index in [9.17, 15) is 4.79 Å². The molecule has 144 valence electrons. The van der Waals surface area contributed by atoms with E-state index in [-0.39, 0.29) is 6.03 Å². The molecule has 0 spiro atoms. The van der Waals surface area contributed by atoms with Crippen LogP contribution in [0.4, 0.5) is 10.5 Å². The molecule has 6 heteroatoms. The van der Waals surface area contributed by atoms with Gasteiger partial charge in [0.1, 0.15) is 6.61 Å². The number of hydrogen-bond acceptors (Lipinski definition) is 4. The van der Waals surface area contributed by atoms with Gasteiger partial charge in [-0.05, 0) is 37.1 Å². The molecular weight excluding hydrogens is 360 g/mol. The molecule has 5 nitrogen and oxygen atoms in total. The highest BCUT2D eigenvalue weighted by Gasteiger charge is 2.18. The van der Waals surface area contributed by atoms with Gasteiger partial charge in [0.15, 0.2) is 11.5 Å². The van der Waals surface area contributed by atoms with Crippen LogP contribution in [-0.2, 0) is 0 Å². The quantitative estimate of drug-likeness (QED) is 0.632. The van der Waals surface area contributed by atoms with Crippen molar-refractivity contribution in [3.63, 3.8) is 0 Å². The summed E-state index contributed by atoms with van der Waals surface area (Å²) in [7, 11) is 1.61. The summed E-state index contributed by atoms with van der Waals surface area (Å²) in [6, 6.07) is 15.2. The molecule has 0 aromatic heterocycles. The highest BCUT2D eigenvalue weighted by atomic mass is 32.2. The van der Waals surface area contributed by atoms with Gasteiger partial charge in [0, 0.05) is 10.1 Å². The third kappa shape index (κ3) is 5.82. The van der Waals surface area contributed by atoms with Crippen molar-refractivity contribution >= 4 is 23.5 Å². The van der Waals surface area contributed by atoms with Crippen LogP contribution in [0.25, 0.3) is 0 Å². The Labute approximate surface area is 164 Å². The van der Waals surface area contributed by atoms with Crippen LogP contribution in [0.15, 0.2) is 53.4 Å². The van der Waals surface area contributed by atoms with Crippen LogP contribution >= 0.6 is 11.8 Å². The second kappa shape index (κ2) is 10.1. The number of thioether (sulfide) groups is 1. The molecule has 2 aromatic rings. The zero-order valence-corrected chi connectivity index (χ0v) is 16.4. The lowest BCUT2D eigenvalue weighted by atomic mass is 10.3. The number of carbonyl (C=O) groups is 1. The Kier molecular flexibility index (Phi) is 7.27. The number of benzene rings is 2. The summed E-state index contributed by atoms with van der Waals surface area (Å²) in [5.41, 5.74) is 0.859. The number of carbonyl (C=O) groups excluding carboxylic acids is 1. The molecule has 0 aliphatic heterocycles. The third-order valence-electron chi connectivity index (χ3n) is 4.45. The van der Waals surface area contributed by atoms with Crippen molar-refractivity contribution in [1.82, 2.24) is 5.32 Å². The van der Waals surface area contributed by atoms with E-state index in [0.29, 0.717) is 29.9 Å². The molecule has 0 saturated heterocycles. The molecule has 1 fully saturated rings. The fourth-order valence-corrected chi connectivity index (χ4v) is 4.42. The van der Waals surface area contributed by atoms with E-state index in [0.717, 1.165) is 10.6 Å². The average Bonchev–Trinajstić information content (AvgIpc) is 3.20.